The lowest BCUT2D eigenvalue weighted by molar-refractivity contribution is -0.127. The second-order valence-electron chi connectivity index (χ2n) is 5.15. The average molecular weight is 274 g/mol. The van der Waals surface area contributed by atoms with Crippen molar-refractivity contribution in [1.29, 1.82) is 0 Å². The van der Waals surface area contributed by atoms with Gasteiger partial charge in [0.1, 0.15) is 0 Å². The highest BCUT2D eigenvalue weighted by molar-refractivity contribution is 7.17. The Labute approximate surface area is 117 Å². The maximum Gasteiger partial charge on any atom is 0.222 e. The van der Waals surface area contributed by atoms with Crippen LogP contribution in [0.3, 0.4) is 0 Å². The summed E-state index contributed by atoms with van der Waals surface area (Å²) in [4.78, 5) is 13.8. The summed E-state index contributed by atoms with van der Waals surface area (Å²) < 4.78 is 1.32. The highest BCUT2D eigenvalue weighted by Crippen LogP contribution is 2.26. The molecular formula is C15H18N2OS. The molecule has 0 aliphatic carbocycles. The lowest BCUT2D eigenvalue weighted by Gasteiger charge is -2.16. The molecule has 3 nitrogen and oxygen atoms in total. The zero-order valence-corrected chi connectivity index (χ0v) is 11.7. The fourth-order valence-electron chi connectivity index (χ4n) is 2.71. The molecule has 1 aliphatic heterocycles. The number of nitrogens with two attached hydrogens (primary N) is 1. The van der Waals surface area contributed by atoms with E-state index in [9.17, 15) is 4.79 Å². The van der Waals surface area contributed by atoms with Gasteiger partial charge >= 0.3 is 0 Å². The lowest BCUT2D eigenvalue weighted by Crippen LogP contribution is -2.28. The third-order valence-corrected chi connectivity index (χ3v) is 4.85. The minimum Gasteiger partial charge on any atom is -0.342 e. The number of carbonyl (C=O) groups is 1. The SMILES string of the molecule is NCC1CC(=O)N(CCc2csc3ccccc23)C1. The number of likely N-dealkylation sites (tertiary alicyclic amines) is 1. The molecule has 0 bridgehead atoms. The van der Waals surface area contributed by atoms with Gasteiger partial charge < -0.3 is 10.6 Å². The highest BCUT2D eigenvalue weighted by Gasteiger charge is 2.28. The summed E-state index contributed by atoms with van der Waals surface area (Å²) in [6, 6.07) is 8.45. The Balaban J connectivity index is 1.68. The van der Waals surface area contributed by atoms with Gasteiger partial charge in [0.05, 0.1) is 0 Å². The third-order valence-electron chi connectivity index (χ3n) is 3.84. The van der Waals surface area contributed by atoms with E-state index in [4.69, 9.17) is 5.73 Å². The van der Waals surface area contributed by atoms with Crippen molar-refractivity contribution in [1.82, 2.24) is 4.90 Å². The lowest BCUT2D eigenvalue weighted by atomic mass is 10.1. The van der Waals surface area contributed by atoms with Crippen molar-refractivity contribution in [2.75, 3.05) is 19.6 Å². The molecule has 0 radical (unpaired) electrons. The maximum atomic E-state index is 11.8. The molecule has 2 aromatic rings. The van der Waals surface area contributed by atoms with E-state index in [-0.39, 0.29) is 5.91 Å². The molecule has 2 N–H and O–H groups in total. The van der Waals surface area contributed by atoms with Crippen LogP contribution in [0, 0.1) is 5.92 Å². The molecule has 2 heterocycles. The van der Waals surface area contributed by atoms with Crippen molar-refractivity contribution in [3.05, 3.63) is 35.2 Å². The molecule has 19 heavy (non-hydrogen) atoms. The number of rotatable bonds is 4. The van der Waals surface area contributed by atoms with Crippen molar-refractivity contribution >= 4 is 27.3 Å². The first-order valence-electron chi connectivity index (χ1n) is 6.71. The predicted octanol–water partition coefficient (Wildman–Crippen LogP) is 2.25. The van der Waals surface area contributed by atoms with Gasteiger partial charge in [0.15, 0.2) is 0 Å². The average Bonchev–Trinajstić information content (AvgIpc) is 3.00. The number of nitrogens with zero attached hydrogens (tertiary/aromatic N) is 1. The first kappa shape index (κ1) is 12.6. The van der Waals surface area contributed by atoms with Gasteiger partial charge in [0.2, 0.25) is 5.91 Å². The Morgan fingerprint density at radius 3 is 3.00 bits per heavy atom. The first-order chi connectivity index (χ1) is 9.28. The standard InChI is InChI=1S/C15H18N2OS/c16-8-11-7-15(18)17(9-11)6-5-12-10-19-14-4-2-1-3-13(12)14/h1-4,10-11H,5-9,16H2. The number of thiophene rings is 1. The number of benzene rings is 1. The largest absolute Gasteiger partial charge is 0.342 e. The van der Waals surface area contributed by atoms with Crippen LogP contribution < -0.4 is 5.73 Å². The van der Waals surface area contributed by atoms with Crippen molar-refractivity contribution in [2.45, 2.75) is 12.8 Å². The Bertz CT molecular complexity index is 593. The fraction of sp³-hybridized carbons (Fsp3) is 0.400. The van der Waals surface area contributed by atoms with E-state index in [1.165, 1.54) is 15.6 Å². The van der Waals surface area contributed by atoms with Crippen LogP contribution in [0.15, 0.2) is 29.6 Å². The highest BCUT2D eigenvalue weighted by atomic mass is 32.1. The van der Waals surface area contributed by atoms with Crippen LogP contribution in [0.1, 0.15) is 12.0 Å². The van der Waals surface area contributed by atoms with Gasteiger partial charge in [-0.25, -0.2) is 0 Å². The molecule has 1 unspecified atom stereocenters. The molecule has 1 fully saturated rings. The van der Waals surface area contributed by atoms with E-state index in [1.54, 1.807) is 11.3 Å². The molecule has 0 spiro atoms. The normalized spacial score (nSPS) is 19.5. The summed E-state index contributed by atoms with van der Waals surface area (Å²) in [6.45, 7) is 2.26. The van der Waals surface area contributed by atoms with Crippen LogP contribution in [-0.4, -0.2) is 30.4 Å². The quantitative estimate of drug-likeness (QED) is 0.929. The zero-order valence-electron chi connectivity index (χ0n) is 10.8. The van der Waals surface area contributed by atoms with Crippen LogP contribution in [0.2, 0.25) is 0 Å². The van der Waals surface area contributed by atoms with Gasteiger partial charge in [-0.05, 0) is 41.3 Å². The molecular weight excluding hydrogens is 256 g/mol. The fourth-order valence-corrected chi connectivity index (χ4v) is 3.71. The number of hydrogen-bond donors (Lipinski definition) is 1. The van der Waals surface area contributed by atoms with E-state index in [1.807, 2.05) is 4.90 Å². The minimum absolute atomic E-state index is 0.259. The molecule has 4 heteroatoms. The smallest absolute Gasteiger partial charge is 0.222 e. The van der Waals surface area contributed by atoms with Gasteiger partial charge in [-0.2, -0.15) is 0 Å². The summed E-state index contributed by atoms with van der Waals surface area (Å²) in [5.41, 5.74) is 7.00. The third kappa shape index (κ3) is 2.51. The monoisotopic (exact) mass is 274 g/mol. The molecule has 1 aromatic carbocycles. The summed E-state index contributed by atoms with van der Waals surface area (Å²) in [6.07, 6.45) is 1.56. The predicted molar refractivity (Wildman–Crippen MR) is 79.3 cm³/mol. The van der Waals surface area contributed by atoms with Crippen LogP contribution in [0.25, 0.3) is 10.1 Å². The molecule has 0 saturated carbocycles. The van der Waals surface area contributed by atoms with Gasteiger partial charge in [-0.1, -0.05) is 18.2 Å². The van der Waals surface area contributed by atoms with Crippen LogP contribution in [-0.2, 0) is 11.2 Å². The van der Waals surface area contributed by atoms with Gasteiger partial charge in [-0.15, -0.1) is 11.3 Å². The zero-order chi connectivity index (χ0) is 13.2. The summed E-state index contributed by atoms with van der Waals surface area (Å²) in [5, 5.41) is 3.54. The van der Waals surface area contributed by atoms with Crippen LogP contribution in [0.4, 0.5) is 0 Å². The number of fused-ring (bicyclic) bond motifs is 1. The van der Waals surface area contributed by atoms with Crippen molar-refractivity contribution in [3.8, 4) is 0 Å². The molecule has 1 aliphatic rings. The summed E-state index contributed by atoms with van der Waals surface area (Å²) in [7, 11) is 0. The number of hydrogen-bond acceptors (Lipinski definition) is 3. The van der Waals surface area contributed by atoms with Gasteiger partial charge in [-0.3, -0.25) is 4.79 Å². The Morgan fingerprint density at radius 2 is 2.21 bits per heavy atom. The van der Waals surface area contributed by atoms with Crippen LogP contribution in [0.5, 0.6) is 0 Å². The van der Waals surface area contributed by atoms with Crippen LogP contribution >= 0.6 is 11.3 Å². The van der Waals surface area contributed by atoms with Gasteiger partial charge in [0, 0.05) is 24.2 Å². The maximum absolute atomic E-state index is 11.8. The Hall–Kier alpha value is -1.39. The molecule has 1 atom stereocenters. The minimum atomic E-state index is 0.259. The van der Waals surface area contributed by atoms with E-state index < -0.39 is 0 Å². The van der Waals surface area contributed by atoms with E-state index in [0.717, 1.165) is 19.5 Å². The van der Waals surface area contributed by atoms with Crippen molar-refractivity contribution < 1.29 is 4.79 Å². The second kappa shape index (κ2) is 5.31. The first-order valence-corrected chi connectivity index (χ1v) is 7.59. The van der Waals surface area contributed by atoms with Gasteiger partial charge in [0.25, 0.3) is 0 Å². The Kier molecular flexibility index (Phi) is 3.53. The van der Waals surface area contributed by atoms with Crippen molar-refractivity contribution in [3.63, 3.8) is 0 Å². The molecule has 1 saturated heterocycles. The topological polar surface area (TPSA) is 46.3 Å². The molecule has 100 valence electrons. The number of amides is 1. The Morgan fingerprint density at radius 1 is 1.37 bits per heavy atom. The number of carbonyl (C=O) groups excluding carboxylic acids is 1. The van der Waals surface area contributed by atoms with Crippen molar-refractivity contribution in [2.24, 2.45) is 11.7 Å². The summed E-state index contributed by atoms with van der Waals surface area (Å²) in [5.74, 6) is 0.613. The van der Waals surface area contributed by atoms with E-state index in [2.05, 4.69) is 29.6 Å². The molecule has 1 amide bonds. The van der Waals surface area contributed by atoms with E-state index >= 15 is 0 Å². The van der Waals surface area contributed by atoms with E-state index in [0.29, 0.717) is 18.9 Å². The second-order valence-corrected chi connectivity index (χ2v) is 6.06. The summed E-state index contributed by atoms with van der Waals surface area (Å²) >= 11 is 1.78. The molecule has 1 aromatic heterocycles. The molecule has 3 rings (SSSR count).